The topological polar surface area (TPSA) is 38.8 Å². The number of amides is 1. The van der Waals surface area contributed by atoms with Gasteiger partial charge in [0.1, 0.15) is 5.75 Å². The van der Waals surface area contributed by atoms with Crippen molar-refractivity contribution in [2.45, 2.75) is 19.3 Å². The predicted molar refractivity (Wildman–Crippen MR) is 87.6 cm³/mol. The van der Waals surface area contributed by atoms with Crippen molar-refractivity contribution in [1.82, 2.24) is 4.90 Å². The molecule has 1 aliphatic heterocycles. The summed E-state index contributed by atoms with van der Waals surface area (Å²) in [5.41, 5.74) is 1.06. The molecule has 1 aromatic rings. The molecule has 2 rings (SSSR count). The fourth-order valence-corrected chi connectivity index (χ4v) is 2.33. The maximum absolute atomic E-state index is 11.9. The summed E-state index contributed by atoms with van der Waals surface area (Å²) in [4.78, 5) is 13.8. The molecule has 1 heterocycles. The molecule has 0 spiro atoms. The first kappa shape index (κ1) is 16.3. The van der Waals surface area contributed by atoms with Gasteiger partial charge in [0.15, 0.2) is 6.79 Å². The zero-order valence-electron chi connectivity index (χ0n) is 13.0. The Morgan fingerprint density at radius 3 is 2.55 bits per heavy atom. The van der Waals surface area contributed by atoms with Crippen LogP contribution in [0.25, 0.3) is 6.08 Å². The first-order chi connectivity index (χ1) is 10.8. The minimum Gasteiger partial charge on any atom is -0.468 e. The number of carbonyl (C=O) groups excluding carboxylic acids is 1. The summed E-state index contributed by atoms with van der Waals surface area (Å²) in [7, 11) is 1.59. The van der Waals surface area contributed by atoms with Gasteiger partial charge in [-0.15, -0.1) is 0 Å². The molecule has 1 amide bonds. The van der Waals surface area contributed by atoms with E-state index < -0.39 is 0 Å². The van der Waals surface area contributed by atoms with E-state index in [2.05, 4.69) is 0 Å². The number of nitrogens with zero attached hydrogens (tertiary/aromatic N) is 1. The third-order valence-electron chi connectivity index (χ3n) is 3.53. The number of methoxy groups -OCH3 is 1. The van der Waals surface area contributed by atoms with Crippen LogP contribution in [0.4, 0.5) is 0 Å². The number of benzene rings is 1. The number of allylic oxidation sites excluding steroid dienone is 2. The van der Waals surface area contributed by atoms with Crippen LogP contribution >= 0.6 is 0 Å². The predicted octanol–water partition coefficient (Wildman–Crippen LogP) is 3.25. The summed E-state index contributed by atoms with van der Waals surface area (Å²) >= 11 is 0. The van der Waals surface area contributed by atoms with Crippen molar-refractivity contribution >= 4 is 12.0 Å². The van der Waals surface area contributed by atoms with E-state index in [-0.39, 0.29) is 12.7 Å². The second-order valence-electron chi connectivity index (χ2n) is 5.22. The molecule has 0 atom stereocenters. The second-order valence-corrected chi connectivity index (χ2v) is 5.22. The maximum Gasteiger partial charge on any atom is 0.246 e. The molecular formula is C18H23NO3. The van der Waals surface area contributed by atoms with E-state index in [1.165, 1.54) is 6.42 Å². The van der Waals surface area contributed by atoms with Gasteiger partial charge in [0.25, 0.3) is 0 Å². The molecule has 1 aromatic carbocycles. The first-order valence-electron chi connectivity index (χ1n) is 7.65. The third-order valence-corrected chi connectivity index (χ3v) is 3.53. The lowest BCUT2D eigenvalue weighted by molar-refractivity contribution is -0.126. The zero-order valence-corrected chi connectivity index (χ0v) is 13.0. The van der Waals surface area contributed by atoms with Gasteiger partial charge in [-0.1, -0.05) is 30.4 Å². The quantitative estimate of drug-likeness (QED) is 0.460. The Bertz CT molecular complexity index is 514. The molecule has 0 N–H and O–H groups in total. The molecule has 0 unspecified atom stereocenters. The Hall–Kier alpha value is -2.07. The Kier molecular flexibility index (Phi) is 6.71. The fraction of sp³-hybridized carbons (Fsp3) is 0.389. The molecular weight excluding hydrogens is 278 g/mol. The second kappa shape index (κ2) is 9.05. The smallest absolute Gasteiger partial charge is 0.246 e. The highest BCUT2D eigenvalue weighted by Gasteiger charge is 2.13. The molecule has 22 heavy (non-hydrogen) atoms. The molecule has 1 aliphatic rings. The van der Waals surface area contributed by atoms with Crippen molar-refractivity contribution in [1.29, 1.82) is 0 Å². The van der Waals surface area contributed by atoms with Gasteiger partial charge in [-0.25, -0.2) is 0 Å². The Labute approximate surface area is 132 Å². The number of carbonyl (C=O) groups is 1. The SMILES string of the molecule is COCOc1ccc(/C=C/C=C/C(=O)N2CCCCC2)cc1. The van der Waals surface area contributed by atoms with Crippen LogP contribution in [0.1, 0.15) is 24.8 Å². The van der Waals surface area contributed by atoms with Crippen molar-refractivity contribution in [3.63, 3.8) is 0 Å². The zero-order chi connectivity index (χ0) is 15.6. The molecule has 0 radical (unpaired) electrons. The fourth-order valence-electron chi connectivity index (χ4n) is 2.33. The first-order valence-corrected chi connectivity index (χ1v) is 7.65. The Morgan fingerprint density at radius 2 is 1.86 bits per heavy atom. The van der Waals surface area contributed by atoms with E-state index in [0.717, 1.165) is 37.2 Å². The van der Waals surface area contributed by atoms with Crippen LogP contribution in [0, 0.1) is 0 Å². The van der Waals surface area contributed by atoms with Gasteiger partial charge in [0.2, 0.25) is 5.91 Å². The molecule has 0 aliphatic carbocycles. The minimum absolute atomic E-state index is 0.104. The average molecular weight is 301 g/mol. The molecule has 4 nitrogen and oxygen atoms in total. The van der Waals surface area contributed by atoms with Gasteiger partial charge in [-0.2, -0.15) is 0 Å². The molecule has 4 heteroatoms. The van der Waals surface area contributed by atoms with E-state index in [9.17, 15) is 4.79 Å². The summed E-state index contributed by atoms with van der Waals surface area (Å²) in [6.07, 6.45) is 10.7. The monoisotopic (exact) mass is 301 g/mol. The highest BCUT2D eigenvalue weighted by atomic mass is 16.7. The van der Waals surface area contributed by atoms with Crippen molar-refractivity contribution in [3.05, 3.63) is 48.1 Å². The van der Waals surface area contributed by atoms with Crippen LogP contribution in [-0.4, -0.2) is 37.8 Å². The highest BCUT2D eigenvalue weighted by molar-refractivity contribution is 5.88. The van der Waals surface area contributed by atoms with Crippen LogP contribution in [0.3, 0.4) is 0 Å². The van der Waals surface area contributed by atoms with E-state index in [4.69, 9.17) is 9.47 Å². The van der Waals surface area contributed by atoms with E-state index in [0.29, 0.717) is 0 Å². The molecule has 1 fully saturated rings. The summed E-state index contributed by atoms with van der Waals surface area (Å²) in [5, 5.41) is 0. The lowest BCUT2D eigenvalue weighted by Crippen LogP contribution is -2.34. The number of ether oxygens (including phenoxy) is 2. The maximum atomic E-state index is 11.9. The van der Waals surface area contributed by atoms with Crippen molar-refractivity contribution in [2.24, 2.45) is 0 Å². The van der Waals surface area contributed by atoms with E-state index in [1.807, 2.05) is 41.3 Å². The average Bonchev–Trinajstić information content (AvgIpc) is 2.58. The van der Waals surface area contributed by atoms with Gasteiger partial charge < -0.3 is 14.4 Å². The normalized spacial score (nSPS) is 15.6. The molecule has 118 valence electrons. The van der Waals surface area contributed by atoms with Crippen molar-refractivity contribution in [2.75, 3.05) is 27.0 Å². The number of piperidine rings is 1. The van der Waals surface area contributed by atoms with Crippen LogP contribution in [0.5, 0.6) is 5.75 Å². The van der Waals surface area contributed by atoms with Gasteiger partial charge >= 0.3 is 0 Å². The number of hydrogen-bond acceptors (Lipinski definition) is 3. The summed E-state index contributed by atoms with van der Waals surface area (Å²) in [6.45, 7) is 2.02. The van der Waals surface area contributed by atoms with Gasteiger partial charge in [-0.3, -0.25) is 4.79 Å². The number of rotatable bonds is 6. The largest absolute Gasteiger partial charge is 0.468 e. The third kappa shape index (κ3) is 5.37. The van der Waals surface area contributed by atoms with E-state index >= 15 is 0 Å². The lowest BCUT2D eigenvalue weighted by Gasteiger charge is -2.25. The van der Waals surface area contributed by atoms with Crippen LogP contribution < -0.4 is 4.74 Å². The van der Waals surface area contributed by atoms with Crippen LogP contribution in [-0.2, 0) is 9.53 Å². The van der Waals surface area contributed by atoms with Crippen molar-refractivity contribution in [3.8, 4) is 5.75 Å². The number of likely N-dealkylation sites (tertiary alicyclic amines) is 1. The molecule has 1 saturated heterocycles. The molecule has 0 bridgehead atoms. The van der Waals surface area contributed by atoms with Crippen molar-refractivity contribution < 1.29 is 14.3 Å². The van der Waals surface area contributed by atoms with Gasteiger partial charge in [0, 0.05) is 26.3 Å². The van der Waals surface area contributed by atoms with Gasteiger partial charge in [-0.05, 0) is 37.0 Å². The Balaban J connectivity index is 1.81. The molecule has 0 saturated carbocycles. The summed E-state index contributed by atoms with van der Waals surface area (Å²) in [5.74, 6) is 0.877. The summed E-state index contributed by atoms with van der Waals surface area (Å²) < 4.78 is 10.2. The van der Waals surface area contributed by atoms with Crippen LogP contribution in [0.15, 0.2) is 42.5 Å². The van der Waals surface area contributed by atoms with Crippen LogP contribution in [0.2, 0.25) is 0 Å². The molecule has 0 aromatic heterocycles. The Morgan fingerprint density at radius 1 is 1.14 bits per heavy atom. The number of hydrogen-bond donors (Lipinski definition) is 0. The van der Waals surface area contributed by atoms with E-state index in [1.54, 1.807) is 19.3 Å². The minimum atomic E-state index is 0.104. The highest BCUT2D eigenvalue weighted by Crippen LogP contribution is 2.13. The van der Waals surface area contributed by atoms with Gasteiger partial charge in [0.05, 0.1) is 0 Å². The standard InChI is InChI=1S/C18H23NO3/c1-21-15-22-17-11-9-16(10-12-17)7-3-4-8-18(20)19-13-5-2-6-14-19/h3-4,7-12H,2,5-6,13-15H2,1H3/b7-3+,8-4+. The summed E-state index contributed by atoms with van der Waals surface area (Å²) in [6, 6.07) is 7.70. The lowest BCUT2D eigenvalue weighted by atomic mass is 10.1.